The maximum Gasteiger partial charge on any atom is 0.223 e. The van der Waals surface area contributed by atoms with E-state index in [-0.39, 0.29) is 11.8 Å². The van der Waals surface area contributed by atoms with Crippen molar-refractivity contribution >= 4 is 5.91 Å². The molecule has 0 aliphatic carbocycles. The van der Waals surface area contributed by atoms with Gasteiger partial charge in [0.1, 0.15) is 0 Å². The molecule has 1 heterocycles. The second-order valence-corrected chi connectivity index (χ2v) is 6.37. The molecule has 1 aromatic carbocycles. The molecule has 1 aliphatic rings. The van der Waals surface area contributed by atoms with Gasteiger partial charge >= 0.3 is 0 Å². The number of rotatable bonds is 7. The number of unbranched alkanes of at least 4 members (excludes halogenated alkanes) is 1. The third-order valence-electron chi connectivity index (χ3n) is 4.63. The van der Waals surface area contributed by atoms with Crippen molar-refractivity contribution in [2.75, 3.05) is 19.6 Å². The highest BCUT2D eigenvalue weighted by Crippen LogP contribution is 2.19. The fourth-order valence-corrected chi connectivity index (χ4v) is 3.02. The lowest BCUT2D eigenvalue weighted by molar-refractivity contribution is -0.126. The number of carbonyl (C=O) groups is 1. The van der Waals surface area contributed by atoms with Crippen molar-refractivity contribution in [3.63, 3.8) is 0 Å². The third-order valence-corrected chi connectivity index (χ3v) is 4.63. The monoisotopic (exact) mass is 302 g/mol. The number of benzene rings is 1. The lowest BCUT2D eigenvalue weighted by Crippen LogP contribution is -2.40. The van der Waals surface area contributed by atoms with Crippen molar-refractivity contribution in [3.8, 4) is 0 Å². The van der Waals surface area contributed by atoms with E-state index in [4.69, 9.17) is 0 Å². The minimum atomic E-state index is 0.218. The number of hydrogen-bond donors (Lipinski definition) is 1. The molecule has 1 fully saturated rings. The van der Waals surface area contributed by atoms with Gasteiger partial charge in [0.05, 0.1) is 0 Å². The first-order valence-electron chi connectivity index (χ1n) is 8.80. The van der Waals surface area contributed by atoms with Gasteiger partial charge in [-0.05, 0) is 49.9 Å². The topological polar surface area (TPSA) is 32.3 Å². The molecule has 1 saturated heterocycles. The molecular weight excluding hydrogens is 272 g/mol. The fourth-order valence-electron chi connectivity index (χ4n) is 3.02. The number of aryl methyl sites for hydroxylation is 1. The number of likely N-dealkylation sites (tertiary alicyclic amines) is 1. The van der Waals surface area contributed by atoms with E-state index in [1.54, 1.807) is 0 Å². The Labute approximate surface area is 135 Å². The van der Waals surface area contributed by atoms with Gasteiger partial charge in [-0.1, -0.05) is 44.5 Å². The van der Waals surface area contributed by atoms with Crippen molar-refractivity contribution in [1.82, 2.24) is 10.2 Å². The predicted molar refractivity (Wildman–Crippen MR) is 91.7 cm³/mol. The number of carbonyl (C=O) groups excluding carboxylic acids is 1. The van der Waals surface area contributed by atoms with E-state index in [0.29, 0.717) is 0 Å². The molecule has 0 radical (unpaired) electrons. The summed E-state index contributed by atoms with van der Waals surface area (Å²) in [4.78, 5) is 14.5. The van der Waals surface area contributed by atoms with Crippen LogP contribution in [0.5, 0.6) is 0 Å². The van der Waals surface area contributed by atoms with Crippen molar-refractivity contribution in [2.24, 2.45) is 5.92 Å². The molecule has 22 heavy (non-hydrogen) atoms. The first-order valence-corrected chi connectivity index (χ1v) is 8.80. The lowest BCUT2D eigenvalue weighted by atomic mass is 9.95. The Hall–Kier alpha value is -1.35. The van der Waals surface area contributed by atoms with E-state index < -0.39 is 0 Å². The highest BCUT2D eigenvalue weighted by molar-refractivity contribution is 5.78. The molecule has 1 aromatic rings. The summed E-state index contributed by atoms with van der Waals surface area (Å²) in [7, 11) is 0. The number of hydrogen-bond acceptors (Lipinski definition) is 2. The molecule has 0 spiro atoms. The van der Waals surface area contributed by atoms with Crippen LogP contribution in [0.1, 0.15) is 50.7 Å². The van der Waals surface area contributed by atoms with Crippen molar-refractivity contribution < 1.29 is 4.79 Å². The molecule has 122 valence electrons. The van der Waals surface area contributed by atoms with Gasteiger partial charge in [-0.15, -0.1) is 0 Å². The van der Waals surface area contributed by atoms with E-state index >= 15 is 0 Å². The van der Waals surface area contributed by atoms with Crippen LogP contribution < -0.4 is 5.32 Å². The number of amides is 1. The quantitative estimate of drug-likeness (QED) is 0.783. The van der Waals surface area contributed by atoms with Gasteiger partial charge in [0.15, 0.2) is 0 Å². The first kappa shape index (κ1) is 17.0. The summed E-state index contributed by atoms with van der Waals surface area (Å²) < 4.78 is 0. The van der Waals surface area contributed by atoms with Crippen LogP contribution in [0.3, 0.4) is 0 Å². The Kier molecular flexibility index (Phi) is 6.91. The number of nitrogens with one attached hydrogen (secondary N) is 1. The summed E-state index contributed by atoms with van der Waals surface area (Å²) in [5.41, 5.74) is 2.77. The summed E-state index contributed by atoms with van der Waals surface area (Å²) in [5, 5.41) is 3.07. The van der Waals surface area contributed by atoms with Crippen LogP contribution in [0, 0.1) is 5.92 Å². The molecule has 0 unspecified atom stereocenters. The van der Waals surface area contributed by atoms with Crippen LogP contribution in [0.15, 0.2) is 24.3 Å². The zero-order chi connectivity index (χ0) is 15.8. The minimum Gasteiger partial charge on any atom is -0.356 e. The SMILES string of the molecule is CCCCNC(=O)C1CCN(Cc2ccc(CC)cc2)CC1. The van der Waals surface area contributed by atoms with E-state index in [0.717, 1.165) is 58.3 Å². The third kappa shape index (κ3) is 5.13. The van der Waals surface area contributed by atoms with Crippen molar-refractivity contribution in [1.29, 1.82) is 0 Å². The molecule has 0 bridgehead atoms. The van der Waals surface area contributed by atoms with Crippen LogP contribution in [-0.2, 0) is 17.8 Å². The summed E-state index contributed by atoms with van der Waals surface area (Å²) in [6, 6.07) is 8.93. The highest BCUT2D eigenvalue weighted by atomic mass is 16.1. The fraction of sp³-hybridized carbons (Fsp3) is 0.632. The van der Waals surface area contributed by atoms with Gasteiger partial charge in [0.25, 0.3) is 0 Å². The molecule has 3 nitrogen and oxygen atoms in total. The van der Waals surface area contributed by atoms with E-state index in [1.807, 2.05) is 0 Å². The Balaban J connectivity index is 1.73. The second kappa shape index (κ2) is 8.94. The Morgan fingerprint density at radius 3 is 2.36 bits per heavy atom. The smallest absolute Gasteiger partial charge is 0.223 e. The summed E-state index contributed by atoms with van der Waals surface area (Å²) in [6.07, 6.45) is 5.29. The van der Waals surface area contributed by atoms with Gasteiger partial charge in [-0.25, -0.2) is 0 Å². The maximum atomic E-state index is 12.1. The van der Waals surface area contributed by atoms with Gasteiger partial charge in [-0.2, -0.15) is 0 Å². The summed E-state index contributed by atoms with van der Waals surface area (Å²) in [5.74, 6) is 0.482. The molecule has 3 heteroatoms. The molecule has 1 aliphatic heterocycles. The molecule has 0 atom stereocenters. The summed E-state index contributed by atoms with van der Waals surface area (Å²) >= 11 is 0. The van der Waals surface area contributed by atoms with Gasteiger partial charge < -0.3 is 5.32 Å². The van der Waals surface area contributed by atoms with Gasteiger partial charge in [0, 0.05) is 19.0 Å². The minimum absolute atomic E-state index is 0.218. The first-order chi connectivity index (χ1) is 10.7. The Morgan fingerprint density at radius 2 is 1.77 bits per heavy atom. The van der Waals surface area contributed by atoms with Crippen LogP contribution >= 0.6 is 0 Å². The van der Waals surface area contributed by atoms with Crippen LogP contribution in [0.2, 0.25) is 0 Å². The maximum absolute atomic E-state index is 12.1. The van der Waals surface area contributed by atoms with Crippen molar-refractivity contribution in [2.45, 2.75) is 52.5 Å². The zero-order valence-corrected chi connectivity index (χ0v) is 14.1. The predicted octanol–water partition coefficient (Wildman–Crippen LogP) is 3.38. The molecule has 1 N–H and O–H groups in total. The van der Waals surface area contributed by atoms with E-state index in [9.17, 15) is 4.79 Å². The molecule has 2 rings (SSSR count). The van der Waals surface area contributed by atoms with Crippen LogP contribution in [0.4, 0.5) is 0 Å². The summed E-state index contributed by atoms with van der Waals surface area (Å²) in [6.45, 7) is 8.24. The van der Waals surface area contributed by atoms with Crippen LogP contribution in [-0.4, -0.2) is 30.4 Å². The number of piperidine rings is 1. The second-order valence-electron chi connectivity index (χ2n) is 6.37. The standard InChI is InChI=1S/C19H30N2O/c1-3-5-12-20-19(22)18-10-13-21(14-11-18)15-17-8-6-16(4-2)7-9-17/h6-9,18H,3-5,10-15H2,1-2H3,(H,20,22). The van der Waals surface area contributed by atoms with Gasteiger partial charge in [0.2, 0.25) is 5.91 Å². The molecule has 1 amide bonds. The average molecular weight is 302 g/mol. The largest absolute Gasteiger partial charge is 0.356 e. The van der Waals surface area contributed by atoms with Gasteiger partial charge in [-0.3, -0.25) is 9.69 Å². The normalized spacial score (nSPS) is 16.6. The average Bonchev–Trinajstić information content (AvgIpc) is 2.56. The highest BCUT2D eigenvalue weighted by Gasteiger charge is 2.24. The Morgan fingerprint density at radius 1 is 1.14 bits per heavy atom. The van der Waals surface area contributed by atoms with E-state index in [2.05, 4.69) is 48.3 Å². The lowest BCUT2D eigenvalue weighted by Gasteiger charge is -2.31. The van der Waals surface area contributed by atoms with E-state index in [1.165, 1.54) is 11.1 Å². The zero-order valence-electron chi connectivity index (χ0n) is 14.1. The molecule has 0 saturated carbocycles. The van der Waals surface area contributed by atoms with Crippen molar-refractivity contribution in [3.05, 3.63) is 35.4 Å². The Bertz CT molecular complexity index is 447. The number of nitrogens with zero attached hydrogens (tertiary/aromatic N) is 1. The molecule has 0 aromatic heterocycles. The van der Waals surface area contributed by atoms with Crippen LogP contribution in [0.25, 0.3) is 0 Å². The molecular formula is C19H30N2O.